The third kappa shape index (κ3) is 3.69. The number of amides is 1. The number of nitrogens with one attached hydrogen (secondary N) is 2. The van der Waals surface area contributed by atoms with E-state index in [9.17, 15) is 4.79 Å². The number of nitrogens with zero attached hydrogens (tertiary/aromatic N) is 1. The van der Waals surface area contributed by atoms with Gasteiger partial charge in [-0.05, 0) is 37.4 Å². The lowest BCUT2D eigenvalue weighted by Gasteiger charge is -2.38. The van der Waals surface area contributed by atoms with E-state index in [4.69, 9.17) is 11.6 Å². The molecule has 2 N–H and O–H groups in total. The second kappa shape index (κ2) is 7.66. The highest BCUT2D eigenvalue weighted by molar-refractivity contribution is 6.33. The maximum absolute atomic E-state index is 12.2. The van der Waals surface area contributed by atoms with Crippen LogP contribution in [-0.4, -0.2) is 32.1 Å². The molecule has 0 bridgehead atoms. The van der Waals surface area contributed by atoms with Crippen molar-refractivity contribution in [2.24, 2.45) is 0 Å². The van der Waals surface area contributed by atoms with Gasteiger partial charge in [0, 0.05) is 20.1 Å². The summed E-state index contributed by atoms with van der Waals surface area (Å²) in [6.45, 7) is 4.63. The second-order valence-corrected chi connectivity index (χ2v) is 5.75. The van der Waals surface area contributed by atoms with Gasteiger partial charge >= 0.3 is 0 Å². The van der Waals surface area contributed by atoms with Crippen LogP contribution in [-0.2, 0) is 11.3 Å². The van der Waals surface area contributed by atoms with Gasteiger partial charge in [0.15, 0.2) is 0 Å². The molecule has 1 amide bonds. The lowest BCUT2D eigenvalue weighted by atomic mass is 9.99. The van der Waals surface area contributed by atoms with Crippen molar-refractivity contribution in [3.8, 4) is 0 Å². The first-order valence-corrected chi connectivity index (χ1v) is 8.03. The maximum atomic E-state index is 12.2. The van der Waals surface area contributed by atoms with E-state index in [1.54, 1.807) is 7.05 Å². The standard InChI is InChI=1S/C16H24ClN3O/c1-3-19-11-12-7-6-8-13(17)15(12)20-10-5-4-9-14(20)16(21)18-2/h6-8,14,19H,3-5,9-11H2,1-2H3,(H,18,21). The van der Waals surface area contributed by atoms with Crippen molar-refractivity contribution in [2.45, 2.75) is 38.8 Å². The summed E-state index contributed by atoms with van der Waals surface area (Å²) in [6.07, 6.45) is 3.06. The first-order chi connectivity index (χ1) is 10.2. The fourth-order valence-corrected chi connectivity index (χ4v) is 3.23. The van der Waals surface area contributed by atoms with Gasteiger partial charge in [0.25, 0.3) is 0 Å². The molecule has 1 saturated heterocycles. The molecule has 0 radical (unpaired) electrons. The van der Waals surface area contributed by atoms with Gasteiger partial charge in [0.1, 0.15) is 6.04 Å². The van der Waals surface area contributed by atoms with Crippen LogP contribution < -0.4 is 15.5 Å². The molecule has 21 heavy (non-hydrogen) atoms. The summed E-state index contributed by atoms with van der Waals surface area (Å²) in [6, 6.07) is 5.84. The highest BCUT2D eigenvalue weighted by Gasteiger charge is 2.30. The van der Waals surface area contributed by atoms with E-state index in [0.29, 0.717) is 0 Å². The Balaban J connectivity index is 2.35. The van der Waals surface area contributed by atoms with Gasteiger partial charge in [0.2, 0.25) is 5.91 Å². The van der Waals surface area contributed by atoms with Crippen LogP contribution in [0.2, 0.25) is 5.02 Å². The third-order valence-corrected chi connectivity index (χ3v) is 4.28. The zero-order valence-corrected chi connectivity index (χ0v) is 13.5. The van der Waals surface area contributed by atoms with Crippen molar-refractivity contribution in [1.82, 2.24) is 10.6 Å². The number of halogens is 1. The number of anilines is 1. The van der Waals surface area contributed by atoms with Crippen molar-refractivity contribution in [1.29, 1.82) is 0 Å². The van der Waals surface area contributed by atoms with Gasteiger partial charge in [0.05, 0.1) is 10.7 Å². The molecule has 1 aromatic rings. The van der Waals surface area contributed by atoms with E-state index in [2.05, 4.69) is 28.5 Å². The van der Waals surface area contributed by atoms with Crippen molar-refractivity contribution in [2.75, 3.05) is 25.0 Å². The van der Waals surface area contributed by atoms with Crippen molar-refractivity contribution in [3.63, 3.8) is 0 Å². The van der Waals surface area contributed by atoms with Crippen LogP contribution in [0.3, 0.4) is 0 Å². The zero-order valence-electron chi connectivity index (χ0n) is 12.8. The van der Waals surface area contributed by atoms with E-state index in [1.165, 1.54) is 0 Å². The molecule has 2 rings (SSSR count). The van der Waals surface area contributed by atoms with Crippen LogP contribution in [0.15, 0.2) is 18.2 Å². The molecular weight excluding hydrogens is 286 g/mol. The smallest absolute Gasteiger partial charge is 0.242 e. The lowest BCUT2D eigenvalue weighted by Crippen LogP contribution is -2.49. The van der Waals surface area contributed by atoms with Gasteiger partial charge in [-0.25, -0.2) is 0 Å². The Bertz CT molecular complexity index is 492. The average molecular weight is 310 g/mol. The zero-order chi connectivity index (χ0) is 15.2. The maximum Gasteiger partial charge on any atom is 0.242 e. The molecule has 1 atom stereocenters. The van der Waals surface area contributed by atoms with E-state index < -0.39 is 0 Å². The Morgan fingerprint density at radius 3 is 2.95 bits per heavy atom. The fourth-order valence-electron chi connectivity index (χ4n) is 2.92. The second-order valence-electron chi connectivity index (χ2n) is 5.35. The number of carbonyl (C=O) groups is 1. The number of rotatable bonds is 5. The van der Waals surface area contributed by atoms with E-state index in [-0.39, 0.29) is 11.9 Å². The molecule has 1 aromatic carbocycles. The van der Waals surface area contributed by atoms with Gasteiger partial charge in [-0.2, -0.15) is 0 Å². The fraction of sp³-hybridized carbons (Fsp3) is 0.562. The Kier molecular flexibility index (Phi) is 5.88. The molecule has 5 heteroatoms. The number of hydrogen-bond acceptors (Lipinski definition) is 3. The van der Waals surface area contributed by atoms with E-state index in [1.807, 2.05) is 12.1 Å². The predicted molar refractivity (Wildman–Crippen MR) is 87.9 cm³/mol. The summed E-state index contributed by atoms with van der Waals surface area (Å²) in [7, 11) is 1.70. The Labute approximate surface area is 131 Å². The number of piperidine rings is 1. The molecular formula is C16H24ClN3O. The molecule has 0 aromatic heterocycles. The first kappa shape index (κ1) is 16.1. The van der Waals surface area contributed by atoms with Crippen LogP contribution in [0.5, 0.6) is 0 Å². The number of para-hydroxylation sites is 1. The van der Waals surface area contributed by atoms with Gasteiger partial charge in [-0.15, -0.1) is 0 Å². The molecule has 1 unspecified atom stereocenters. The van der Waals surface area contributed by atoms with Crippen molar-refractivity contribution < 1.29 is 4.79 Å². The lowest BCUT2D eigenvalue weighted by molar-refractivity contribution is -0.122. The van der Waals surface area contributed by atoms with Gasteiger partial charge in [-0.1, -0.05) is 30.7 Å². The van der Waals surface area contributed by atoms with Gasteiger partial charge < -0.3 is 15.5 Å². The summed E-state index contributed by atoms with van der Waals surface area (Å²) < 4.78 is 0. The molecule has 0 saturated carbocycles. The van der Waals surface area contributed by atoms with Crippen LogP contribution in [0, 0.1) is 0 Å². The Morgan fingerprint density at radius 2 is 2.24 bits per heavy atom. The van der Waals surface area contributed by atoms with Crippen molar-refractivity contribution >= 4 is 23.2 Å². The highest BCUT2D eigenvalue weighted by Crippen LogP contribution is 2.34. The summed E-state index contributed by atoms with van der Waals surface area (Å²) in [4.78, 5) is 14.4. The number of likely N-dealkylation sites (N-methyl/N-ethyl adjacent to an activating group) is 1. The Hall–Kier alpha value is -1.26. The highest BCUT2D eigenvalue weighted by atomic mass is 35.5. The van der Waals surface area contributed by atoms with Gasteiger partial charge in [-0.3, -0.25) is 4.79 Å². The average Bonchev–Trinajstić information content (AvgIpc) is 2.52. The van der Waals surface area contributed by atoms with Crippen LogP contribution in [0.4, 0.5) is 5.69 Å². The predicted octanol–water partition coefficient (Wildman–Crippen LogP) is 2.55. The topological polar surface area (TPSA) is 44.4 Å². The molecule has 4 nitrogen and oxygen atoms in total. The molecule has 1 aliphatic heterocycles. The van der Waals surface area contributed by atoms with Crippen LogP contribution in [0.1, 0.15) is 31.7 Å². The first-order valence-electron chi connectivity index (χ1n) is 7.65. The minimum absolute atomic E-state index is 0.0732. The number of hydrogen-bond donors (Lipinski definition) is 2. The monoisotopic (exact) mass is 309 g/mol. The SMILES string of the molecule is CCNCc1cccc(Cl)c1N1CCCCC1C(=O)NC. The molecule has 1 heterocycles. The molecule has 0 aliphatic carbocycles. The molecule has 0 spiro atoms. The van der Waals surface area contributed by atoms with Crippen molar-refractivity contribution in [3.05, 3.63) is 28.8 Å². The molecule has 116 valence electrons. The quantitative estimate of drug-likeness (QED) is 0.878. The summed E-state index contributed by atoms with van der Waals surface area (Å²) in [5.41, 5.74) is 2.16. The van der Waals surface area contributed by atoms with E-state index >= 15 is 0 Å². The van der Waals surface area contributed by atoms with Crippen LogP contribution in [0.25, 0.3) is 0 Å². The third-order valence-electron chi connectivity index (χ3n) is 3.97. The number of benzene rings is 1. The minimum atomic E-state index is -0.121. The summed E-state index contributed by atoms with van der Waals surface area (Å²) in [5.74, 6) is 0.0732. The molecule has 1 aliphatic rings. The summed E-state index contributed by atoms with van der Waals surface area (Å²) >= 11 is 6.45. The van der Waals surface area contributed by atoms with Crippen LogP contribution >= 0.6 is 11.6 Å². The largest absolute Gasteiger partial charge is 0.358 e. The normalized spacial score (nSPS) is 18.6. The summed E-state index contributed by atoms with van der Waals surface area (Å²) in [5, 5.41) is 6.84. The minimum Gasteiger partial charge on any atom is -0.358 e. The number of carbonyl (C=O) groups excluding carboxylic acids is 1. The van der Waals surface area contributed by atoms with E-state index in [0.717, 1.165) is 55.2 Å². The molecule has 1 fully saturated rings. The Morgan fingerprint density at radius 1 is 1.43 bits per heavy atom.